The lowest BCUT2D eigenvalue weighted by Crippen LogP contribution is -2.29. The minimum Gasteiger partial charge on any atom is -0.477 e. The number of nitrogens with zero attached hydrogens (tertiary/aromatic N) is 6. The first-order valence-corrected chi connectivity index (χ1v) is 11.6. The molecule has 6 rings (SSSR count). The van der Waals surface area contributed by atoms with Gasteiger partial charge in [-0.2, -0.15) is 13.2 Å². The van der Waals surface area contributed by atoms with Crippen LogP contribution < -0.4 is 4.74 Å². The van der Waals surface area contributed by atoms with Gasteiger partial charge in [0.15, 0.2) is 11.3 Å². The Morgan fingerprint density at radius 2 is 1.89 bits per heavy atom. The Hall–Kier alpha value is -4.09. The molecule has 0 spiro atoms. The molecule has 2 fully saturated rings. The summed E-state index contributed by atoms with van der Waals surface area (Å²) in [5, 5.41) is 0. The lowest BCUT2D eigenvalue weighted by Gasteiger charge is -2.24. The van der Waals surface area contributed by atoms with E-state index < -0.39 is 11.9 Å². The first-order chi connectivity index (χ1) is 17.7. The van der Waals surface area contributed by atoms with Gasteiger partial charge in [-0.1, -0.05) is 6.07 Å². The third kappa shape index (κ3) is 4.05. The Labute approximate surface area is 207 Å². The fourth-order valence-corrected chi connectivity index (χ4v) is 5.30. The first kappa shape index (κ1) is 23.3. The second-order valence-corrected chi connectivity index (χ2v) is 9.27. The van der Waals surface area contributed by atoms with Gasteiger partial charge in [-0.05, 0) is 42.2 Å². The molecule has 1 unspecified atom stereocenters. The number of amides is 1. The molecular formula is C25H20F4N6O2. The van der Waals surface area contributed by atoms with E-state index in [1.807, 2.05) is 0 Å². The Morgan fingerprint density at radius 1 is 1.11 bits per heavy atom. The van der Waals surface area contributed by atoms with Crippen molar-refractivity contribution in [2.24, 2.45) is 24.8 Å². The average Bonchev–Trinajstić information content (AvgIpc) is 3.23. The lowest BCUT2D eigenvalue weighted by molar-refractivity contribution is -0.141. The van der Waals surface area contributed by atoms with Crippen LogP contribution in [0.2, 0.25) is 0 Å². The summed E-state index contributed by atoms with van der Waals surface area (Å²) in [6.45, 7) is 0.673. The van der Waals surface area contributed by atoms with Crippen molar-refractivity contribution in [2.75, 3.05) is 13.2 Å². The summed E-state index contributed by atoms with van der Waals surface area (Å²) in [7, 11) is 1.79. The normalized spacial score (nSPS) is 22.8. The zero-order valence-corrected chi connectivity index (χ0v) is 19.4. The highest BCUT2D eigenvalue weighted by Gasteiger charge is 2.62. The molecule has 0 radical (unpaired) electrons. The van der Waals surface area contributed by atoms with Gasteiger partial charge in [0.05, 0.1) is 24.5 Å². The van der Waals surface area contributed by atoms with Crippen molar-refractivity contribution in [3.63, 3.8) is 0 Å². The monoisotopic (exact) mass is 512 g/mol. The molecule has 1 aliphatic heterocycles. The van der Waals surface area contributed by atoms with Crippen molar-refractivity contribution < 1.29 is 27.1 Å². The maximum absolute atomic E-state index is 13.3. The molecule has 4 atom stereocenters. The first-order valence-electron chi connectivity index (χ1n) is 11.6. The molecule has 1 saturated carbocycles. The summed E-state index contributed by atoms with van der Waals surface area (Å²) in [5.74, 6) is 0.341. The van der Waals surface area contributed by atoms with Gasteiger partial charge in [-0.3, -0.25) is 4.79 Å². The van der Waals surface area contributed by atoms with E-state index in [0.29, 0.717) is 34.9 Å². The Bertz CT molecular complexity index is 1490. The number of hydrogen-bond acceptors (Lipinski definition) is 6. The largest absolute Gasteiger partial charge is 0.477 e. The van der Waals surface area contributed by atoms with E-state index in [4.69, 9.17) is 9.72 Å². The number of alkyl halides is 3. The van der Waals surface area contributed by atoms with Crippen LogP contribution in [0.5, 0.6) is 5.88 Å². The third-order valence-corrected chi connectivity index (χ3v) is 7.12. The minimum absolute atomic E-state index is 0.0306. The summed E-state index contributed by atoms with van der Waals surface area (Å²) in [6, 6.07) is 9.15. The predicted molar refractivity (Wildman–Crippen MR) is 122 cm³/mol. The fraction of sp³-hybridized carbons (Fsp3) is 0.320. The van der Waals surface area contributed by atoms with Gasteiger partial charge in [0, 0.05) is 31.1 Å². The standard InChI is InChI=1S/C25H20F4N6O2/c1-34-23(13-5-7-14(26)8-6-13)33-22-24(34)30-9-17(31-22)21-20-15(10-35(21)12-36)16(20)11-37-19-4-2-3-18(32-19)25(27,28)29/h2-9,12,15-16,20-21H,10-11H2,1H3/t15-,16-,20-,21?/m1/s1. The van der Waals surface area contributed by atoms with Crippen molar-refractivity contribution in [2.45, 2.75) is 12.2 Å². The molecule has 12 heteroatoms. The van der Waals surface area contributed by atoms with Crippen LogP contribution >= 0.6 is 0 Å². The number of rotatable bonds is 6. The third-order valence-electron chi connectivity index (χ3n) is 7.12. The number of aromatic nitrogens is 5. The quantitative estimate of drug-likeness (QED) is 0.286. The molecule has 0 N–H and O–H groups in total. The molecule has 2 aliphatic rings. The van der Waals surface area contributed by atoms with Gasteiger partial charge >= 0.3 is 6.18 Å². The van der Waals surface area contributed by atoms with E-state index in [9.17, 15) is 22.4 Å². The number of piperidine rings is 1. The van der Waals surface area contributed by atoms with Crippen molar-refractivity contribution in [1.82, 2.24) is 29.4 Å². The molecule has 1 aromatic carbocycles. The highest BCUT2D eigenvalue weighted by Crippen LogP contribution is 2.60. The van der Waals surface area contributed by atoms with Crippen LogP contribution in [0, 0.1) is 23.6 Å². The number of pyridine rings is 1. The zero-order valence-electron chi connectivity index (χ0n) is 19.4. The summed E-state index contributed by atoms with van der Waals surface area (Å²) < 4.78 is 59.6. The summed E-state index contributed by atoms with van der Waals surface area (Å²) in [4.78, 5) is 30.8. The molecular weight excluding hydrogens is 492 g/mol. The highest BCUT2D eigenvalue weighted by molar-refractivity contribution is 5.73. The van der Waals surface area contributed by atoms with Crippen molar-refractivity contribution >= 4 is 17.7 Å². The van der Waals surface area contributed by atoms with Crippen LogP contribution in [-0.2, 0) is 18.0 Å². The maximum atomic E-state index is 13.3. The van der Waals surface area contributed by atoms with Crippen LogP contribution in [0.3, 0.4) is 0 Å². The molecule has 190 valence electrons. The molecule has 3 aromatic heterocycles. The van der Waals surface area contributed by atoms with E-state index >= 15 is 0 Å². The van der Waals surface area contributed by atoms with Crippen LogP contribution in [-0.4, -0.2) is 49.0 Å². The number of carbonyl (C=O) groups is 1. The van der Waals surface area contributed by atoms with Gasteiger partial charge in [0.2, 0.25) is 12.3 Å². The van der Waals surface area contributed by atoms with E-state index in [0.717, 1.165) is 12.5 Å². The van der Waals surface area contributed by atoms with Crippen molar-refractivity contribution in [3.8, 4) is 17.3 Å². The van der Waals surface area contributed by atoms with Crippen LogP contribution in [0.15, 0.2) is 48.7 Å². The highest BCUT2D eigenvalue weighted by atomic mass is 19.4. The van der Waals surface area contributed by atoms with Gasteiger partial charge in [-0.15, -0.1) is 0 Å². The van der Waals surface area contributed by atoms with E-state index in [1.54, 1.807) is 34.8 Å². The number of ether oxygens (including phenoxy) is 1. The molecule has 37 heavy (non-hydrogen) atoms. The molecule has 8 nitrogen and oxygen atoms in total. The number of fused-ring (bicyclic) bond motifs is 2. The second kappa shape index (κ2) is 8.49. The van der Waals surface area contributed by atoms with E-state index in [-0.39, 0.29) is 42.1 Å². The van der Waals surface area contributed by atoms with Crippen LogP contribution in [0.1, 0.15) is 17.4 Å². The lowest BCUT2D eigenvalue weighted by atomic mass is 10.1. The van der Waals surface area contributed by atoms with Gasteiger partial charge in [0.25, 0.3) is 0 Å². The van der Waals surface area contributed by atoms with Gasteiger partial charge < -0.3 is 14.2 Å². The number of carbonyl (C=O) groups excluding carboxylic acids is 1. The number of halogens is 4. The Kier molecular flexibility index (Phi) is 5.35. The molecule has 1 aliphatic carbocycles. The van der Waals surface area contributed by atoms with Crippen LogP contribution in [0.25, 0.3) is 22.7 Å². The van der Waals surface area contributed by atoms with E-state index in [1.165, 1.54) is 24.3 Å². The Morgan fingerprint density at radius 3 is 2.62 bits per heavy atom. The predicted octanol–water partition coefficient (Wildman–Crippen LogP) is 4.04. The molecule has 1 saturated heterocycles. The summed E-state index contributed by atoms with van der Waals surface area (Å²) >= 11 is 0. The molecule has 4 aromatic rings. The average molecular weight is 512 g/mol. The number of aryl methyl sites for hydroxylation is 1. The van der Waals surface area contributed by atoms with Crippen molar-refractivity contribution in [1.29, 1.82) is 0 Å². The summed E-state index contributed by atoms with van der Waals surface area (Å²) in [5.41, 5.74) is 1.22. The SMILES string of the molecule is Cn1c(-c2ccc(F)cc2)nc2nc(C3[C@H]4[C@H](COc5cccc(C(F)(F)F)n5)[C@H]4CN3C=O)cnc21. The zero-order chi connectivity index (χ0) is 25.9. The summed E-state index contributed by atoms with van der Waals surface area (Å²) in [6.07, 6.45) is -2.16. The topological polar surface area (TPSA) is 86.0 Å². The smallest absolute Gasteiger partial charge is 0.433 e. The number of likely N-dealkylation sites (tertiary alicyclic amines) is 1. The Balaban J connectivity index is 1.23. The number of hydrogen-bond donors (Lipinski definition) is 0. The fourth-order valence-electron chi connectivity index (χ4n) is 5.30. The molecule has 4 heterocycles. The van der Waals surface area contributed by atoms with Crippen LogP contribution in [0.4, 0.5) is 17.6 Å². The minimum atomic E-state index is -4.55. The van der Waals surface area contributed by atoms with Gasteiger partial charge in [-0.25, -0.2) is 24.3 Å². The molecule has 1 amide bonds. The second-order valence-electron chi connectivity index (χ2n) is 9.27. The van der Waals surface area contributed by atoms with Gasteiger partial charge in [0.1, 0.15) is 17.3 Å². The van der Waals surface area contributed by atoms with E-state index in [2.05, 4.69) is 15.0 Å². The maximum Gasteiger partial charge on any atom is 0.433 e. The molecule has 0 bridgehead atoms. The number of imidazole rings is 1. The van der Waals surface area contributed by atoms with Crippen molar-refractivity contribution in [3.05, 3.63) is 65.9 Å². The number of benzene rings is 1.